The summed E-state index contributed by atoms with van der Waals surface area (Å²) in [5.41, 5.74) is 15.8. The van der Waals surface area contributed by atoms with Crippen molar-refractivity contribution in [2.24, 2.45) is 0 Å². The molecule has 0 amide bonds. The van der Waals surface area contributed by atoms with E-state index in [2.05, 4.69) is 116 Å². The van der Waals surface area contributed by atoms with E-state index in [9.17, 15) is 13.0 Å². The summed E-state index contributed by atoms with van der Waals surface area (Å²) >= 11 is 0. The average Bonchev–Trinajstić information content (AvgIpc) is 3.86. The largest absolute Gasteiger partial charge is 0.294 e. The molecule has 256 valence electrons. The minimum Gasteiger partial charge on any atom is -0.282 e. The van der Waals surface area contributed by atoms with Gasteiger partial charge in [0.1, 0.15) is 0 Å². The zero-order valence-electron chi connectivity index (χ0n) is 28.9. The number of benzene rings is 4. The molecule has 4 aromatic carbocycles. The Morgan fingerprint density at radius 3 is 1.73 bits per heavy atom. The quantitative estimate of drug-likeness (QED) is 0.108. The van der Waals surface area contributed by atoms with Gasteiger partial charge in [-0.25, -0.2) is 0 Å². The first-order valence-electron chi connectivity index (χ1n) is 17.5. The van der Waals surface area contributed by atoms with E-state index in [0.29, 0.717) is 13.0 Å². The van der Waals surface area contributed by atoms with Crippen LogP contribution in [0, 0.1) is 13.8 Å². The predicted octanol–water partition coefficient (Wildman–Crippen LogP) is 9.08. The van der Waals surface area contributed by atoms with Gasteiger partial charge in [0.25, 0.3) is 10.1 Å². The summed E-state index contributed by atoms with van der Waals surface area (Å²) < 4.78 is 37.8. The predicted molar refractivity (Wildman–Crippen MR) is 203 cm³/mol. The molecular formula is C43H40N4O3S. The number of aromatic nitrogens is 4. The molecule has 8 rings (SSSR count). The molecule has 7 nitrogen and oxygen atoms in total. The van der Waals surface area contributed by atoms with Crippen LogP contribution in [0.25, 0.3) is 34.7 Å². The summed E-state index contributed by atoms with van der Waals surface area (Å²) in [6.45, 7) is 5.48. The molecule has 2 aliphatic carbocycles. The topological polar surface area (TPSA) is 90.0 Å². The molecule has 0 aliphatic heterocycles. The van der Waals surface area contributed by atoms with Gasteiger partial charge in [-0.1, -0.05) is 102 Å². The molecule has 0 bridgehead atoms. The van der Waals surface area contributed by atoms with Crippen molar-refractivity contribution in [1.82, 2.24) is 19.6 Å². The maximum Gasteiger partial charge on any atom is 0.294 e. The van der Waals surface area contributed by atoms with E-state index in [1.807, 2.05) is 4.68 Å². The van der Waals surface area contributed by atoms with Crippen LogP contribution in [0.4, 0.5) is 0 Å². The summed E-state index contributed by atoms with van der Waals surface area (Å²) in [5, 5.41) is 10.1. The van der Waals surface area contributed by atoms with E-state index >= 15 is 0 Å². The van der Waals surface area contributed by atoms with E-state index in [1.165, 1.54) is 45.1 Å². The van der Waals surface area contributed by atoms with Crippen LogP contribution in [0.15, 0.2) is 108 Å². The summed E-state index contributed by atoms with van der Waals surface area (Å²) in [6, 6.07) is 30.6. The Bertz CT molecular complexity index is 2430. The number of allylic oxidation sites excluding steroid dienone is 2. The molecule has 1 N–H and O–H groups in total. The summed E-state index contributed by atoms with van der Waals surface area (Å²) in [5.74, 6) is 0. The Balaban J connectivity index is 0.977. The molecule has 51 heavy (non-hydrogen) atoms. The molecule has 2 aromatic heterocycles. The normalized spacial score (nSPS) is 13.2. The van der Waals surface area contributed by atoms with Crippen molar-refractivity contribution in [3.05, 3.63) is 159 Å². The van der Waals surface area contributed by atoms with Crippen LogP contribution >= 0.6 is 0 Å². The lowest BCUT2D eigenvalue weighted by Crippen LogP contribution is -2.05. The van der Waals surface area contributed by atoms with Crippen molar-refractivity contribution in [1.29, 1.82) is 0 Å². The fourth-order valence-corrected chi connectivity index (χ4v) is 7.84. The highest BCUT2D eigenvalue weighted by molar-refractivity contribution is 7.85. The van der Waals surface area contributed by atoms with Crippen molar-refractivity contribution in [2.75, 3.05) is 0 Å². The van der Waals surface area contributed by atoms with Gasteiger partial charge >= 0.3 is 0 Å². The molecule has 0 unspecified atom stereocenters. The molecule has 2 aliphatic rings. The monoisotopic (exact) mass is 692 g/mol. The highest BCUT2D eigenvalue weighted by Gasteiger charge is 2.29. The van der Waals surface area contributed by atoms with Gasteiger partial charge in [0, 0.05) is 35.1 Å². The van der Waals surface area contributed by atoms with Crippen LogP contribution < -0.4 is 0 Å². The van der Waals surface area contributed by atoms with Gasteiger partial charge in [0.05, 0.1) is 40.8 Å². The van der Waals surface area contributed by atoms with Gasteiger partial charge < -0.3 is 0 Å². The van der Waals surface area contributed by atoms with Gasteiger partial charge in [-0.15, -0.1) is 0 Å². The second-order valence-electron chi connectivity index (χ2n) is 13.8. The molecule has 0 saturated carbocycles. The number of fused-ring (bicyclic) bond motifs is 6. The number of hydrogen-bond acceptors (Lipinski definition) is 4. The van der Waals surface area contributed by atoms with Crippen LogP contribution in [0.3, 0.4) is 0 Å². The molecule has 0 fully saturated rings. The fraction of sp³-hybridized carbons (Fsp3) is 0.209. The number of aryl methyl sites for hydroxylation is 2. The first-order chi connectivity index (χ1) is 24.7. The van der Waals surface area contributed by atoms with E-state index in [4.69, 9.17) is 10.2 Å². The van der Waals surface area contributed by atoms with Gasteiger partial charge in [-0.2, -0.15) is 18.6 Å². The third-order valence-corrected chi connectivity index (χ3v) is 10.9. The van der Waals surface area contributed by atoms with Crippen LogP contribution in [-0.4, -0.2) is 32.5 Å². The van der Waals surface area contributed by atoms with Crippen molar-refractivity contribution in [2.45, 2.75) is 63.9 Å². The Hall–Kier alpha value is -5.31. The van der Waals surface area contributed by atoms with Gasteiger partial charge in [-0.05, 0) is 79.6 Å². The SMILES string of the molecule is Cc1ccc(Cn2nc(/C=C/CCC/C=C/c3nn(Cc4ccc(C)cc4)c4c3Cc3ccc(S(=O)(=O)O)cc3-4)c3c2-c2ccccc2C3)cc1. The molecule has 0 saturated heterocycles. The van der Waals surface area contributed by atoms with Crippen LogP contribution in [-0.2, 0) is 36.0 Å². The first-order valence-corrected chi connectivity index (χ1v) is 19.0. The molecule has 0 atom stereocenters. The van der Waals surface area contributed by atoms with Crippen molar-refractivity contribution >= 4 is 22.3 Å². The number of rotatable bonds is 11. The molecular weight excluding hydrogens is 653 g/mol. The number of hydrogen-bond donors (Lipinski definition) is 1. The first kappa shape index (κ1) is 32.9. The van der Waals surface area contributed by atoms with E-state index in [0.717, 1.165) is 71.6 Å². The van der Waals surface area contributed by atoms with Crippen molar-refractivity contribution in [3.63, 3.8) is 0 Å². The summed E-state index contributed by atoms with van der Waals surface area (Å²) in [6.07, 6.45) is 13.1. The minimum atomic E-state index is -4.32. The van der Waals surface area contributed by atoms with Gasteiger partial charge in [-0.3, -0.25) is 13.9 Å². The lowest BCUT2D eigenvalue weighted by molar-refractivity contribution is 0.483. The highest BCUT2D eigenvalue weighted by atomic mass is 32.2. The lowest BCUT2D eigenvalue weighted by Gasteiger charge is -2.09. The maximum atomic E-state index is 12.0. The van der Waals surface area contributed by atoms with Crippen molar-refractivity contribution in [3.8, 4) is 22.5 Å². The van der Waals surface area contributed by atoms with Gasteiger partial charge in [0.15, 0.2) is 0 Å². The standard InChI is InChI=1S/C43H40N4O3S/c1-29-14-18-31(19-15-29)27-46-42-36-11-9-8-10-33(36)24-38(42)40(44-46)12-6-4-3-5-7-13-41-39-25-34-22-23-35(51(48,49)50)26-37(34)43(39)47(45-41)28-32-20-16-30(2)17-21-32/h6-23,26H,3-5,24-25,27-28H2,1-2H3,(H,48,49,50)/b12-6+,13-7+. The third kappa shape index (κ3) is 6.65. The summed E-state index contributed by atoms with van der Waals surface area (Å²) in [7, 11) is -4.32. The molecule has 2 heterocycles. The molecule has 6 aromatic rings. The number of nitrogens with zero attached hydrogens (tertiary/aromatic N) is 4. The Morgan fingerprint density at radius 2 is 1.18 bits per heavy atom. The zero-order chi connectivity index (χ0) is 35.1. The van der Waals surface area contributed by atoms with Crippen LogP contribution in [0.5, 0.6) is 0 Å². The molecule has 0 radical (unpaired) electrons. The van der Waals surface area contributed by atoms with Crippen LogP contribution in [0.2, 0.25) is 0 Å². The second-order valence-corrected chi connectivity index (χ2v) is 15.2. The van der Waals surface area contributed by atoms with E-state index in [-0.39, 0.29) is 4.90 Å². The second kappa shape index (κ2) is 13.4. The third-order valence-electron chi connectivity index (χ3n) is 10.0. The smallest absolute Gasteiger partial charge is 0.282 e. The average molecular weight is 693 g/mol. The highest BCUT2D eigenvalue weighted by Crippen LogP contribution is 2.41. The lowest BCUT2D eigenvalue weighted by atomic mass is 10.1. The Kier molecular flexibility index (Phi) is 8.66. The van der Waals surface area contributed by atoms with E-state index in [1.54, 1.807) is 12.1 Å². The molecule has 8 heteroatoms. The minimum absolute atomic E-state index is 0.102. The summed E-state index contributed by atoms with van der Waals surface area (Å²) in [4.78, 5) is -0.102. The van der Waals surface area contributed by atoms with Crippen molar-refractivity contribution < 1.29 is 13.0 Å². The number of unbranched alkanes of at least 4 members (excludes halogenated alkanes) is 2. The maximum absolute atomic E-state index is 12.0. The fourth-order valence-electron chi connectivity index (χ4n) is 7.34. The zero-order valence-corrected chi connectivity index (χ0v) is 29.7. The van der Waals surface area contributed by atoms with Gasteiger partial charge in [0.2, 0.25) is 0 Å². The van der Waals surface area contributed by atoms with E-state index < -0.39 is 10.1 Å². The Labute approximate surface area is 299 Å². The van der Waals surface area contributed by atoms with Crippen LogP contribution in [0.1, 0.15) is 75.2 Å². The Morgan fingerprint density at radius 1 is 0.667 bits per heavy atom. The molecule has 0 spiro atoms.